The van der Waals surface area contributed by atoms with E-state index in [-0.39, 0.29) is 6.61 Å². The van der Waals surface area contributed by atoms with Crippen LogP contribution in [0.4, 0.5) is 0 Å². The molecule has 0 unspecified atom stereocenters. The number of carbonyl (C=O) groups is 1. The van der Waals surface area contributed by atoms with E-state index >= 15 is 0 Å². The van der Waals surface area contributed by atoms with Gasteiger partial charge in [-0.2, -0.15) is 0 Å². The van der Waals surface area contributed by atoms with Gasteiger partial charge in [0.05, 0.1) is 16.7 Å². The number of imidazole rings is 1. The minimum atomic E-state index is -0.997. The number of hydrogen-bond acceptors (Lipinski definition) is 3. The third kappa shape index (κ3) is 2.33. The summed E-state index contributed by atoms with van der Waals surface area (Å²) in [6, 6.07) is 15.1. The highest BCUT2D eigenvalue weighted by molar-refractivity contribution is 5.77. The number of aliphatic carboxylic acids is 1. The largest absolute Gasteiger partial charge is 0.482 e. The highest BCUT2D eigenvalue weighted by Crippen LogP contribution is 2.21. The molecule has 5 heteroatoms. The van der Waals surface area contributed by atoms with Crippen LogP contribution in [-0.4, -0.2) is 27.2 Å². The predicted molar refractivity (Wildman–Crippen MR) is 74.2 cm³/mol. The molecule has 100 valence electrons. The Kier molecular flexibility index (Phi) is 3.09. The molecule has 2 aromatic carbocycles. The number of hydrogen-bond donors (Lipinski definition) is 1. The summed E-state index contributed by atoms with van der Waals surface area (Å²) in [6.45, 7) is -0.353. The Bertz CT molecular complexity index is 764. The van der Waals surface area contributed by atoms with Crippen LogP contribution >= 0.6 is 0 Å². The molecule has 3 aromatic rings. The van der Waals surface area contributed by atoms with Gasteiger partial charge in [-0.3, -0.25) is 4.57 Å². The lowest BCUT2D eigenvalue weighted by atomic mass is 10.2. The molecule has 0 atom stereocenters. The van der Waals surface area contributed by atoms with Gasteiger partial charge in [0.25, 0.3) is 0 Å². The Morgan fingerprint density at radius 3 is 2.90 bits per heavy atom. The van der Waals surface area contributed by atoms with E-state index in [0.717, 1.165) is 16.7 Å². The first-order chi connectivity index (χ1) is 9.74. The average Bonchev–Trinajstić information content (AvgIpc) is 2.89. The maximum Gasteiger partial charge on any atom is 0.341 e. The van der Waals surface area contributed by atoms with Gasteiger partial charge < -0.3 is 9.84 Å². The molecule has 0 fully saturated rings. The van der Waals surface area contributed by atoms with E-state index < -0.39 is 5.97 Å². The minimum Gasteiger partial charge on any atom is -0.482 e. The van der Waals surface area contributed by atoms with E-state index in [1.165, 1.54) is 0 Å². The summed E-state index contributed by atoms with van der Waals surface area (Å²) >= 11 is 0. The number of ether oxygens (including phenoxy) is 1. The first-order valence-corrected chi connectivity index (χ1v) is 6.11. The Hall–Kier alpha value is -2.82. The van der Waals surface area contributed by atoms with Gasteiger partial charge in [-0.25, -0.2) is 9.78 Å². The number of para-hydroxylation sites is 2. The summed E-state index contributed by atoms with van der Waals surface area (Å²) in [4.78, 5) is 14.8. The predicted octanol–water partition coefficient (Wildman–Crippen LogP) is 2.49. The lowest BCUT2D eigenvalue weighted by molar-refractivity contribution is -0.139. The third-order valence-corrected chi connectivity index (χ3v) is 2.91. The highest BCUT2D eigenvalue weighted by atomic mass is 16.5. The molecule has 0 aliphatic rings. The average molecular weight is 268 g/mol. The molecule has 0 aliphatic heterocycles. The third-order valence-electron chi connectivity index (χ3n) is 2.91. The molecule has 3 rings (SSSR count). The molecule has 0 aliphatic carbocycles. The van der Waals surface area contributed by atoms with Gasteiger partial charge >= 0.3 is 5.97 Å². The Morgan fingerprint density at radius 1 is 1.20 bits per heavy atom. The topological polar surface area (TPSA) is 64.3 Å². The molecule has 0 saturated heterocycles. The number of carboxylic acid groups (broad SMARTS) is 1. The fraction of sp³-hybridized carbons (Fsp3) is 0.0667. The summed E-state index contributed by atoms with van der Waals surface area (Å²) in [5.41, 5.74) is 2.77. The molecule has 1 heterocycles. The zero-order valence-electron chi connectivity index (χ0n) is 10.6. The molecule has 0 radical (unpaired) electrons. The Morgan fingerprint density at radius 2 is 2.05 bits per heavy atom. The zero-order chi connectivity index (χ0) is 13.9. The van der Waals surface area contributed by atoms with Gasteiger partial charge in [0, 0.05) is 6.07 Å². The van der Waals surface area contributed by atoms with Gasteiger partial charge in [0.2, 0.25) is 0 Å². The van der Waals surface area contributed by atoms with Crippen LogP contribution in [0.5, 0.6) is 5.75 Å². The number of rotatable bonds is 4. The monoisotopic (exact) mass is 268 g/mol. The van der Waals surface area contributed by atoms with Crippen molar-refractivity contribution in [2.75, 3.05) is 6.61 Å². The first-order valence-electron chi connectivity index (χ1n) is 6.11. The number of carboxylic acids is 1. The van der Waals surface area contributed by atoms with Gasteiger partial charge in [-0.05, 0) is 24.3 Å². The van der Waals surface area contributed by atoms with E-state index in [9.17, 15) is 4.79 Å². The summed E-state index contributed by atoms with van der Waals surface area (Å²) in [6.07, 6.45) is 1.74. The van der Waals surface area contributed by atoms with Crippen LogP contribution in [0.25, 0.3) is 16.7 Å². The summed E-state index contributed by atoms with van der Waals surface area (Å²) in [7, 11) is 0. The standard InChI is InChI=1S/C15H12N2O3/c18-15(19)9-20-12-5-3-4-11(8-12)17-10-16-13-6-1-2-7-14(13)17/h1-8,10H,9H2,(H,18,19). The van der Waals surface area contributed by atoms with Crippen molar-refractivity contribution in [1.82, 2.24) is 9.55 Å². The second kappa shape index (κ2) is 5.05. The van der Waals surface area contributed by atoms with Crippen molar-refractivity contribution in [3.63, 3.8) is 0 Å². The lowest BCUT2D eigenvalue weighted by Crippen LogP contribution is -2.09. The maximum absolute atomic E-state index is 10.5. The molecule has 0 bridgehead atoms. The molecule has 20 heavy (non-hydrogen) atoms. The quantitative estimate of drug-likeness (QED) is 0.789. The molecular weight excluding hydrogens is 256 g/mol. The van der Waals surface area contributed by atoms with Crippen LogP contribution in [-0.2, 0) is 4.79 Å². The second-order valence-corrected chi connectivity index (χ2v) is 4.28. The van der Waals surface area contributed by atoms with E-state index in [2.05, 4.69) is 4.98 Å². The van der Waals surface area contributed by atoms with Crippen LogP contribution in [0, 0.1) is 0 Å². The number of benzene rings is 2. The van der Waals surface area contributed by atoms with Gasteiger partial charge in [-0.15, -0.1) is 0 Å². The number of fused-ring (bicyclic) bond motifs is 1. The van der Waals surface area contributed by atoms with Gasteiger partial charge in [0.1, 0.15) is 12.1 Å². The summed E-state index contributed by atoms with van der Waals surface area (Å²) in [5, 5.41) is 8.63. The fourth-order valence-electron chi connectivity index (χ4n) is 2.03. The van der Waals surface area contributed by atoms with E-state index in [4.69, 9.17) is 9.84 Å². The zero-order valence-corrected chi connectivity index (χ0v) is 10.6. The molecule has 0 spiro atoms. The minimum absolute atomic E-state index is 0.353. The molecule has 1 N–H and O–H groups in total. The van der Waals surface area contributed by atoms with Crippen LogP contribution in [0.15, 0.2) is 54.9 Å². The van der Waals surface area contributed by atoms with Crippen LogP contribution in [0.1, 0.15) is 0 Å². The lowest BCUT2D eigenvalue weighted by Gasteiger charge is -2.07. The van der Waals surface area contributed by atoms with Crippen LogP contribution in [0.2, 0.25) is 0 Å². The van der Waals surface area contributed by atoms with Crippen molar-refractivity contribution < 1.29 is 14.6 Å². The second-order valence-electron chi connectivity index (χ2n) is 4.28. The highest BCUT2D eigenvalue weighted by Gasteiger charge is 2.05. The molecule has 0 amide bonds. The van der Waals surface area contributed by atoms with Crippen molar-refractivity contribution in [1.29, 1.82) is 0 Å². The number of aromatic nitrogens is 2. The SMILES string of the molecule is O=C(O)COc1cccc(-n2cnc3ccccc32)c1. The van der Waals surface area contributed by atoms with Gasteiger partial charge in [-0.1, -0.05) is 18.2 Å². The van der Waals surface area contributed by atoms with Gasteiger partial charge in [0.15, 0.2) is 6.61 Å². The molecule has 1 aromatic heterocycles. The smallest absolute Gasteiger partial charge is 0.341 e. The normalized spacial score (nSPS) is 10.6. The van der Waals surface area contributed by atoms with Crippen molar-refractivity contribution in [2.45, 2.75) is 0 Å². The first kappa shape index (κ1) is 12.2. The van der Waals surface area contributed by atoms with Crippen molar-refractivity contribution in [2.24, 2.45) is 0 Å². The van der Waals surface area contributed by atoms with Crippen molar-refractivity contribution >= 4 is 17.0 Å². The molecular formula is C15H12N2O3. The van der Waals surface area contributed by atoms with Crippen LogP contribution in [0.3, 0.4) is 0 Å². The van der Waals surface area contributed by atoms with Crippen molar-refractivity contribution in [3.05, 3.63) is 54.9 Å². The Labute approximate surface area is 115 Å². The summed E-state index contributed by atoms with van der Waals surface area (Å²) < 4.78 is 7.12. The fourth-order valence-corrected chi connectivity index (χ4v) is 2.03. The van der Waals surface area contributed by atoms with E-state index in [1.807, 2.05) is 41.0 Å². The molecule has 5 nitrogen and oxygen atoms in total. The van der Waals surface area contributed by atoms with Crippen LogP contribution < -0.4 is 4.74 Å². The Balaban J connectivity index is 1.97. The van der Waals surface area contributed by atoms with E-state index in [1.54, 1.807) is 18.5 Å². The maximum atomic E-state index is 10.5. The van der Waals surface area contributed by atoms with E-state index in [0.29, 0.717) is 5.75 Å². The molecule has 0 saturated carbocycles. The number of nitrogens with zero attached hydrogens (tertiary/aromatic N) is 2. The van der Waals surface area contributed by atoms with Crippen molar-refractivity contribution in [3.8, 4) is 11.4 Å². The summed E-state index contributed by atoms with van der Waals surface area (Å²) in [5.74, 6) is -0.480.